The molecule has 0 saturated carbocycles. The van der Waals surface area contributed by atoms with E-state index in [1.54, 1.807) is 6.07 Å². The Kier molecular flexibility index (Phi) is 2.97. The average molecular weight is 211 g/mol. The number of carbonyl (C=O) groups is 1. The molecule has 1 rings (SSSR count). The van der Waals surface area contributed by atoms with Gasteiger partial charge in [-0.05, 0) is 12.1 Å². The predicted octanol–water partition coefficient (Wildman–Crippen LogP) is 0.640. The molecule has 0 bridgehead atoms. The first-order chi connectivity index (χ1) is 7.02. The maximum absolute atomic E-state index is 13.2. The van der Waals surface area contributed by atoms with Crippen LogP contribution < -0.4 is 11.3 Å². The monoisotopic (exact) mass is 211 g/mol. The van der Waals surface area contributed by atoms with Crippen LogP contribution in [0.15, 0.2) is 24.3 Å². The van der Waals surface area contributed by atoms with Crippen molar-refractivity contribution in [1.29, 1.82) is 5.26 Å². The van der Waals surface area contributed by atoms with Gasteiger partial charge in [0.15, 0.2) is 0 Å². The summed E-state index contributed by atoms with van der Waals surface area (Å²) in [6, 6.07) is 6.20. The predicted molar refractivity (Wildman–Crippen MR) is 47.4 cm³/mol. The molecule has 78 valence electrons. The Morgan fingerprint density at radius 1 is 1.40 bits per heavy atom. The van der Waals surface area contributed by atoms with Crippen LogP contribution in [0.25, 0.3) is 0 Å². The molecule has 0 atom stereocenters. The number of carbonyl (C=O) groups excluding carboxylic acids is 1. The highest BCUT2D eigenvalue weighted by Crippen LogP contribution is 2.27. The third-order valence-electron chi connectivity index (χ3n) is 1.79. The first kappa shape index (κ1) is 11.1. The van der Waals surface area contributed by atoms with Gasteiger partial charge in [-0.3, -0.25) is 10.2 Å². The van der Waals surface area contributed by atoms with Gasteiger partial charge in [0, 0.05) is 5.56 Å². The van der Waals surface area contributed by atoms with Gasteiger partial charge >= 0.3 is 11.8 Å². The highest BCUT2D eigenvalue weighted by molar-refractivity contribution is 5.84. The molecule has 0 heterocycles. The number of nitrogens with one attached hydrogen (secondary N) is 1. The lowest BCUT2D eigenvalue weighted by molar-refractivity contribution is -0.147. The number of hydrogen-bond donors (Lipinski definition) is 2. The Morgan fingerprint density at radius 3 is 2.33 bits per heavy atom. The second kappa shape index (κ2) is 4.02. The number of benzene rings is 1. The molecule has 0 aromatic heterocycles. The van der Waals surface area contributed by atoms with Gasteiger partial charge < -0.3 is 0 Å². The lowest BCUT2D eigenvalue weighted by Gasteiger charge is -2.14. The first-order valence-electron chi connectivity index (χ1n) is 3.92. The zero-order valence-corrected chi connectivity index (χ0v) is 7.50. The zero-order chi connectivity index (χ0) is 11.5. The highest BCUT2D eigenvalue weighted by Gasteiger charge is 2.40. The summed E-state index contributed by atoms with van der Waals surface area (Å²) in [5.74, 6) is -0.663. The lowest BCUT2D eigenvalue weighted by Crippen LogP contribution is -2.41. The Balaban J connectivity index is 3.06. The lowest BCUT2D eigenvalue weighted by atomic mass is 10.1. The third-order valence-corrected chi connectivity index (χ3v) is 1.79. The molecule has 1 aromatic carbocycles. The van der Waals surface area contributed by atoms with E-state index in [-0.39, 0.29) is 5.56 Å². The summed E-state index contributed by atoms with van der Waals surface area (Å²) in [7, 11) is 0. The van der Waals surface area contributed by atoms with Crippen molar-refractivity contribution in [1.82, 2.24) is 5.43 Å². The van der Waals surface area contributed by atoms with Crippen LogP contribution >= 0.6 is 0 Å². The fourth-order valence-electron chi connectivity index (χ4n) is 0.976. The smallest absolute Gasteiger partial charge is 0.289 e. The molecule has 1 amide bonds. The van der Waals surface area contributed by atoms with Crippen LogP contribution in [0.3, 0.4) is 0 Å². The van der Waals surface area contributed by atoms with E-state index in [0.29, 0.717) is 0 Å². The van der Waals surface area contributed by atoms with E-state index in [9.17, 15) is 13.6 Å². The standard InChI is InChI=1S/C9H7F2N3O/c10-9(11,8(15)14-13)7-3-1-6(5-12)2-4-7/h1-4H,13H2,(H,14,15). The molecule has 6 heteroatoms. The minimum absolute atomic E-state index is 0.239. The van der Waals surface area contributed by atoms with Gasteiger partial charge in [0.2, 0.25) is 0 Å². The van der Waals surface area contributed by atoms with Gasteiger partial charge in [-0.25, -0.2) is 5.84 Å². The number of amides is 1. The topological polar surface area (TPSA) is 78.9 Å². The average Bonchev–Trinajstić information content (AvgIpc) is 2.28. The fourth-order valence-corrected chi connectivity index (χ4v) is 0.976. The molecule has 15 heavy (non-hydrogen) atoms. The van der Waals surface area contributed by atoms with Crippen LogP contribution in [0.2, 0.25) is 0 Å². The van der Waals surface area contributed by atoms with Crippen LogP contribution in [0, 0.1) is 11.3 Å². The van der Waals surface area contributed by atoms with Crippen molar-refractivity contribution < 1.29 is 13.6 Å². The summed E-state index contributed by atoms with van der Waals surface area (Å²) >= 11 is 0. The molecule has 0 aliphatic rings. The van der Waals surface area contributed by atoms with E-state index in [1.165, 1.54) is 17.6 Å². The largest absolute Gasteiger partial charge is 0.351 e. The van der Waals surface area contributed by atoms with E-state index in [0.717, 1.165) is 12.1 Å². The maximum Gasteiger partial charge on any atom is 0.351 e. The van der Waals surface area contributed by atoms with Crippen molar-refractivity contribution in [2.45, 2.75) is 5.92 Å². The molecular weight excluding hydrogens is 204 g/mol. The Morgan fingerprint density at radius 2 is 1.93 bits per heavy atom. The first-order valence-corrected chi connectivity index (χ1v) is 3.92. The molecule has 0 aliphatic carbocycles. The van der Waals surface area contributed by atoms with Crippen molar-refractivity contribution in [2.24, 2.45) is 5.84 Å². The number of nitrogens with zero attached hydrogens (tertiary/aromatic N) is 1. The number of alkyl halides is 2. The van der Waals surface area contributed by atoms with Crippen LogP contribution in [-0.4, -0.2) is 5.91 Å². The molecule has 4 nitrogen and oxygen atoms in total. The van der Waals surface area contributed by atoms with Gasteiger partial charge in [-0.1, -0.05) is 12.1 Å². The van der Waals surface area contributed by atoms with Crippen molar-refractivity contribution in [3.8, 4) is 6.07 Å². The molecule has 1 aromatic rings. The highest BCUT2D eigenvalue weighted by atomic mass is 19.3. The molecule has 0 radical (unpaired) electrons. The Labute approximate surface area is 84.3 Å². The van der Waals surface area contributed by atoms with Gasteiger partial charge in [-0.15, -0.1) is 0 Å². The van der Waals surface area contributed by atoms with Crippen LogP contribution in [0.1, 0.15) is 11.1 Å². The van der Waals surface area contributed by atoms with Gasteiger partial charge in [0.25, 0.3) is 0 Å². The quantitative estimate of drug-likeness (QED) is 0.428. The van der Waals surface area contributed by atoms with E-state index < -0.39 is 17.4 Å². The van der Waals surface area contributed by atoms with Gasteiger partial charge in [-0.2, -0.15) is 14.0 Å². The third kappa shape index (κ3) is 2.08. The SMILES string of the molecule is N#Cc1ccc(C(F)(F)C(=O)NN)cc1. The summed E-state index contributed by atoms with van der Waals surface area (Å²) in [6.45, 7) is 0. The summed E-state index contributed by atoms with van der Waals surface area (Å²) in [5, 5.41) is 8.45. The Hall–Kier alpha value is -2.00. The molecular formula is C9H7F2N3O. The number of halogens is 2. The number of nitrogens with two attached hydrogens (primary N) is 1. The summed E-state index contributed by atoms with van der Waals surface area (Å²) in [6.07, 6.45) is 0. The van der Waals surface area contributed by atoms with Gasteiger partial charge in [0.1, 0.15) is 0 Å². The van der Waals surface area contributed by atoms with E-state index >= 15 is 0 Å². The van der Waals surface area contributed by atoms with Crippen LogP contribution in [0.4, 0.5) is 8.78 Å². The van der Waals surface area contributed by atoms with Crippen LogP contribution in [-0.2, 0) is 10.7 Å². The second-order valence-corrected chi connectivity index (χ2v) is 2.74. The Bertz CT molecular complexity index is 408. The van der Waals surface area contributed by atoms with Gasteiger partial charge in [0.05, 0.1) is 11.6 Å². The van der Waals surface area contributed by atoms with E-state index in [4.69, 9.17) is 5.26 Å². The summed E-state index contributed by atoms with van der Waals surface area (Å²) in [5.41, 5.74) is 1.11. The molecule has 0 spiro atoms. The second-order valence-electron chi connectivity index (χ2n) is 2.74. The van der Waals surface area contributed by atoms with E-state index in [1.807, 2.05) is 0 Å². The number of hydrogen-bond acceptors (Lipinski definition) is 3. The fraction of sp³-hybridized carbons (Fsp3) is 0.111. The molecule has 3 N–H and O–H groups in total. The van der Waals surface area contributed by atoms with Crippen LogP contribution in [0.5, 0.6) is 0 Å². The van der Waals surface area contributed by atoms with E-state index in [2.05, 4.69) is 5.84 Å². The summed E-state index contributed by atoms with van der Waals surface area (Å²) in [4.78, 5) is 10.7. The molecule has 0 unspecified atom stereocenters. The molecule has 0 fully saturated rings. The normalized spacial score (nSPS) is 10.5. The number of nitriles is 1. The minimum atomic E-state index is -3.69. The van der Waals surface area contributed by atoms with Crippen molar-refractivity contribution in [3.05, 3.63) is 35.4 Å². The summed E-state index contributed by atoms with van der Waals surface area (Å²) < 4.78 is 26.4. The van der Waals surface area contributed by atoms with Crippen molar-refractivity contribution in [2.75, 3.05) is 0 Å². The zero-order valence-electron chi connectivity index (χ0n) is 7.50. The molecule has 0 aliphatic heterocycles. The van der Waals surface area contributed by atoms with Crippen molar-refractivity contribution in [3.63, 3.8) is 0 Å². The van der Waals surface area contributed by atoms with Crippen molar-refractivity contribution >= 4 is 5.91 Å². The minimum Gasteiger partial charge on any atom is -0.289 e. The number of hydrazine groups is 1. The number of rotatable bonds is 2. The molecule has 0 saturated heterocycles. The maximum atomic E-state index is 13.2.